The number of likely N-dealkylation sites (tertiary alicyclic amines) is 1. The van der Waals surface area contributed by atoms with E-state index in [0.717, 1.165) is 50.7 Å². The van der Waals surface area contributed by atoms with Gasteiger partial charge in [0.15, 0.2) is 23.2 Å². The molecule has 1 N–H and O–H groups in total. The molecule has 2 aromatic heterocycles. The summed E-state index contributed by atoms with van der Waals surface area (Å²) in [4.78, 5) is 13.0. The van der Waals surface area contributed by atoms with Gasteiger partial charge in [-0.2, -0.15) is 5.10 Å². The second-order valence-corrected chi connectivity index (χ2v) is 10.9. The van der Waals surface area contributed by atoms with E-state index < -0.39 is 11.6 Å². The van der Waals surface area contributed by atoms with Crippen LogP contribution in [0.25, 0.3) is 11.3 Å². The fourth-order valence-electron chi connectivity index (χ4n) is 5.84. The van der Waals surface area contributed by atoms with Crippen molar-refractivity contribution in [3.63, 3.8) is 0 Å². The van der Waals surface area contributed by atoms with Crippen molar-refractivity contribution in [1.29, 1.82) is 0 Å². The largest absolute Gasteiger partial charge is 0.486 e. The van der Waals surface area contributed by atoms with Crippen molar-refractivity contribution < 1.29 is 13.5 Å². The van der Waals surface area contributed by atoms with Crippen molar-refractivity contribution in [2.45, 2.75) is 57.0 Å². The molecule has 3 aliphatic rings. The summed E-state index contributed by atoms with van der Waals surface area (Å²) in [6.07, 6.45) is 5.13. The van der Waals surface area contributed by atoms with Crippen LogP contribution in [-0.4, -0.2) is 63.4 Å². The molecule has 5 heterocycles. The number of anilines is 3. The molecule has 3 aromatic rings. The third-order valence-corrected chi connectivity index (χ3v) is 7.89. The Morgan fingerprint density at radius 2 is 1.86 bits per heavy atom. The first kappa shape index (κ1) is 24.0. The van der Waals surface area contributed by atoms with Crippen LogP contribution in [-0.2, 0) is 0 Å². The van der Waals surface area contributed by atoms with Gasteiger partial charge in [0, 0.05) is 17.0 Å². The summed E-state index contributed by atoms with van der Waals surface area (Å²) < 4.78 is 35.8. The van der Waals surface area contributed by atoms with Crippen LogP contribution >= 0.6 is 0 Å². The maximum Gasteiger partial charge on any atom is 0.229 e. The Morgan fingerprint density at radius 3 is 2.62 bits per heavy atom. The van der Waals surface area contributed by atoms with Crippen LogP contribution in [0.15, 0.2) is 30.5 Å². The topological polar surface area (TPSA) is 79.3 Å². The minimum Gasteiger partial charge on any atom is -0.486 e. The highest BCUT2D eigenvalue weighted by molar-refractivity contribution is 5.74. The molecule has 1 unspecified atom stereocenters. The van der Waals surface area contributed by atoms with Gasteiger partial charge in [-0.15, -0.1) is 5.10 Å². The van der Waals surface area contributed by atoms with Crippen LogP contribution in [0.1, 0.15) is 51.1 Å². The van der Waals surface area contributed by atoms with E-state index in [4.69, 9.17) is 4.74 Å². The number of benzene rings is 1. The number of nitrogens with one attached hydrogen (secondary N) is 1. The van der Waals surface area contributed by atoms with Crippen molar-refractivity contribution in [3.8, 4) is 17.0 Å². The van der Waals surface area contributed by atoms with Crippen LogP contribution < -0.4 is 15.0 Å². The normalized spacial score (nSPS) is 21.3. The Labute approximate surface area is 215 Å². The number of halogens is 2. The van der Waals surface area contributed by atoms with Gasteiger partial charge < -0.3 is 19.9 Å². The standard InChI is InChI=1S/C27H31F2N7O/c1-27(2)9-6-18-15-37-25-19(28)12-17(13-22(25)36(18)27)24-20(29)14-30-26(32-24)31-23-5-4-21(33-34-23)16-7-10-35(3)11-8-16/h4-5,12-14,16,18H,6-11,15H2,1-3H3,(H,30,31,32,34). The second-order valence-electron chi connectivity index (χ2n) is 10.9. The molecular formula is C27H31F2N7O. The van der Waals surface area contributed by atoms with Crippen LogP contribution in [0, 0.1) is 11.6 Å². The fraction of sp³-hybridized carbons (Fsp3) is 0.481. The number of nitrogens with zero attached hydrogens (tertiary/aromatic N) is 6. The SMILES string of the molecule is CN1CCC(c2ccc(Nc3ncc(F)c(-c4cc(F)c5c(c4)N4C(CCC4(C)C)CO5)n3)nn2)CC1. The molecule has 0 radical (unpaired) electrons. The first-order chi connectivity index (χ1) is 17.8. The number of rotatable bonds is 4. The first-order valence-corrected chi connectivity index (χ1v) is 12.9. The maximum absolute atomic E-state index is 15.2. The summed E-state index contributed by atoms with van der Waals surface area (Å²) in [5.41, 5.74) is 1.79. The van der Waals surface area contributed by atoms with E-state index >= 15 is 4.39 Å². The van der Waals surface area contributed by atoms with Gasteiger partial charge in [-0.1, -0.05) is 0 Å². The lowest BCUT2D eigenvalue weighted by molar-refractivity contribution is 0.252. The smallest absolute Gasteiger partial charge is 0.229 e. The molecule has 0 bridgehead atoms. The highest BCUT2D eigenvalue weighted by Crippen LogP contribution is 2.47. The van der Waals surface area contributed by atoms with E-state index in [1.807, 2.05) is 12.1 Å². The predicted molar refractivity (Wildman–Crippen MR) is 137 cm³/mol. The molecule has 37 heavy (non-hydrogen) atoms. The van der Waals surface area contributed by atoms with Crippen LogP contribution in [0.5, 0.6) is 5.75 Å². The van der Waals surface area contributed by atoms with E-state index in [1.165, 1.54) is 6.07 Å². The lowest BCUT2D eigenvalue weighted by atomic mass is 9.94. The number of ether oxygens (including phenoxy) is 1. The van der Waals surface area contributed by atoms with Gasteiger partial charge >= 0.3 is 0 Å². The molecule has 0 amide bonds. The van der Waals surface area contributed by atoms with Crippen molar-refractivity contribution in [2.75, 3.05) is 37.0 Å². The van der Waals surface area contributed by atoms with Crippen molar-refractivity contribution in [2.24, 2.45) is 0 Å². The Bertz CT molecular complexity index is 1310. The summed E-state index contributed by atoms with van der Waals surface area (Å²) in [6.45, 7) is 6.81. The van der Waals surface area contributed by atoms with Crippen molar-refractivity contribution in [3.05, 3.63) is 47.8 Å². The van der Waals surface area contributed by atoms with Gasteiger partial charge in [0.1, 0.15) is 12.3 Å². The Balaban J connectivity index is 1.27. The minimum atomic E-state index is -0.637. The molecule has 3 aliphatic heterocycles. The van der Waals surface area contributed by atoms with Gasteiger partial charge in [0.05, 0.1) is 23.6 Å². The van der Waals surface area contributed by atoms with E-state index in [1.54, 1.807) is 6.07 Å². The average Bonchev–Trinajstić information content (AvgIpc) is 3.21. The van der Waals surface area contributed by atoms with Gasteiger partial charge in [-0.05, 0) is 83.9 Å². The molecule has 0 spiro atoms. The Kier molecular flexibility index (Phi) is 5.94. The molecule has 2 saturated heterocycles. The number of aromatic nitrogens is 4. The van der Waals surface area contributed by atoms with Gasteiger partial charge in [0.2, 0.25) is 5.95 Å². The van der Waals surface area contributed by atoms with Crippen molar-refractivity contribution >= 4 is 17.5 Å². The van der Waals surface area contributed by atoms with Crippen LogP contribution in [0.4, 0.5) is 26.2 Å². The summed E-state index contributed by atoms with van der Waals surface area (Å²) >= 11 is 0. The molecule has 6 rings (SSSR count). The fourth-order valence-corrected chi connectivity index (χ4v) is 5.84. The highest BCUT2D eigenvalue weighted by Gasteiger charge is 2.44. The quantitative estimate of drug-likeness (QED) is 0.534. The lowest BCUT2D eigenvalue weighted by Crippen LogP contribution is -2.48. The molecule has 1 aromatic carbocycles. The molecule has 8 nitrogen and oxygen atoms in total. The van der Waals surface area contributed by atoms with E-state index in [-0.39, 0.29) is 29.0 Å². The summed E-state index contributed by atoms with van der Waals surface area (Å²) in [5.74, 6) is 0.0590. The number of hydrogen-bond donors (Lipinski definition) is 1. The molecule has 194 valence electrons. The second kappa shape index (κ2) is 9.16. The molecule has 0 aliphatic carbocycles. The van der Waals surface area contributed by atoms with E-state index in [2.05, 4.69) is 56.2 Å². The number of fused-ring (bicyclic) bond motifs is 3. The minimum absolute atomic E-state index is 0.00855. The number of hydrogen-bond acceptors (Lipinski definition) is 8. The summed E-state index contributed by atoms with van der Waals surface area (Å²) in [5, 5.41) is 11.7. The molecule has 0 saturated carbocycles. The Morgan fingerprint density at radius 1 is 1.05 bits per heavy atom. The van der Waals surface area contributed by atoms with Gasteiger partial charge in [-0.25, -0.2) is 18.7 Å². The Hall–Kier alpha value is -3.40. The van der Waals surface area contributed by atoms with Crippen LogP contribution in [0.2, 0.25) is 0 Å². The first-order valence-electron chi connectivity index (χ1n) is 12.9. The number of piperidine rings is 1. The monoisotopic (exact) mass is 507 g/mol. The zero-order valence-corrected chi connectivity index (χ0v) is 21.3. The third-order valence-electron chi connectivity index (χ3n) is 7.89. The lowest BCUT2D eigenvalue weighted by Gasteiger charge is -2.42. The third kappa shape index (κ3) is 4.47. The van der Waals surface area contributed by atoms with E-state index in [0.29, 0.717) is 29.6 Å². The summed E-state index contributed by atoms with van der Waals surface area (Å²) in [6, 6.07) is 7.00. The molecule has 2 fully saturated rings. The van der Waals surface area contributed by atoms with Gasteiger partial charge in [0.25, 0.3) is 0 Å². The van der Waals surface area contributed by atoms with Crippen molar-refractivity contribution in [1.82, 2.24) is 25.1 Å². The molecule has 1 atom stereocenters. The highest BCUT2D eigenvalue weighted by atomic mass is 19.1. The van der Waals surface area contributed by atoms with E-state index in [9.17, 15) is 4.39 Å². The summed E-state index contributed by atoms with van der Waals surface area (Å²) in [7, 11) is 2.13. The van der Waals surface area contributed by atoms with Gasteiger partial charge in [-0.3, -0.25) is 0 Å². The average molecular weight is 508 g/mol. The zero-order valence-electron chi connectivity index (χ0n) is 21.3. The molecule has 10 heteroatoms. The zero-order chi connectivity index (χ0) is 25.7. The maximum atomic E-state index is 15.2. The van der Waals surface area contributed by atoms with Crippen LogP contribution in [0.3, 0.4) is 0 Å². The molecular weight excluding hydrogens is 476 g/mol. The predicted octanol–water partition coefficient (Wildman–Crippen LogP) is 4.90.